The van der Waals surface area contributed by atoms with Gasteiger partial charge in [-0.05, 0) is 43.4 Å². The largest absolute Gasteiger partial charge is 0.341 e. The van der Waals surface area contributed by atoms with Crippen LogP contribution in [0.15, 0.2) is 28.8 Å². The minimum atomic E-state index is -0.518. The van der Waals surface area contributed by atoms with Gasteiger partial charge in [0.1, 0.15) is 5.82 Å². The predicted octanol–water partition coefficient (Wildman–Crippen LogP) is 4.55. The molecule has 6 heteroatoms. The van der Waals surface area contributed by atoms with E-state index >= 15 is 0 Å². The van der Waals surface area contributed by atoms with Gasteiger partial charge in [0.05, 0.1) is 5.41 Å². The van der Waals surface area contributed by atoms with Gasteiger partial charge in [0.15, 0.2) is 5.82 Å². The normalized spacial score (nSPS) is 22.0. The van der Waals surface area contributed by atoms with Crippen LogP contribution in [-0.4, -0.2) is 34.0 Å². The van der Waals surface area contributed by atoms with Gasteiger partial charge in [0, 0.05) is 24.9 Å². The molecule has 0 N–H and O–H groups in total. The molecule has 2 aliphatic rings. The number of rotatable bonds is 4. The molecule has 0 bridgehead atoms. The van der Waals surface area contributed by atoms with Crippen LogP contribution in [0.25, 0.3) is 0 Å². The van der Waals surface area contributed by atoms with Crippen LogP contribution >= 0.6 is 0 Å². The summed E-state index contributed by atoms with van der Waals surface area (Å²) in [7, 11) is 0. The molecule has 2 aromatic rings. The van der Waals surface area contributed by atoms with Crippen LogP contribution < -0.4 is 0 Å². The number of aromatic nitrogens is 2. The molecule has 1 aliphatic heterocycles. The summed E-state index contributed by atoms with van der Waals surface area (Å²) in [5, 5.41) is 4.17. The van der Waals surface area contributed by atoms with Gasteiger partial charge in [-0.2, -0.15) is 4.98 Å². The topological polar surface area (TPSA) is 59.2 Å². The van der Waals surface area contributed by atoms with Gasteiger partial charge < -0.3 is 9.42 Å². The van der Waals surface area contributed by atoms with Crippen LogP contribution in [0.5, 0.6) is 0 Å². The maximum absolute atomic E-state index is 13.7. The second-order valence-corrected chi connectivity index (χ2v) is 8.53. The van der Waals surface area contributed by atoms with E-state index in [0.717, 1.165) is 50.6 Å². The zero-order valence-corrected chi connectivity index (χ0v) is 16.7. The minimum absolute atomic E-state index is 0.112. The highest BCUT2D eigenvalue weighted by Crippen LogP contribution is 2.43. The Bertz CT molecular complexity index is 825. The van der Waals surface area contributed by atoms with Crippen molar-refractivity contribution in [3.05, 3.63) is 47.4 Å². The number of piperidine rings is 1. The summed E-state index contributed by atoms with van der Waals surface area (Å²) in [5.41, 5.74) is 0.427. The molecule has 0 spiro atoms. The lowest BCUT2D eigenvalue weighted by atomic mass is 9.77. The number of halogens is 1. The fourth-order valence-corrected chi connectivity index (χ4v) is 4.70. The number of likely N-dealkylation sites (tertiary alicyclic amines) is 1. The van der Waals surface area contributed by atoms with E-state index in [4.69, 9.17) is 4.52 Å². The van der Waals surface area contributed by atoms with Crippen molar-refractivity contribution in [3.8, 4) is 0 Å². The Labute approximate surface area is 165 Å². The summed E-state index contributed by atoms with van der Waals surface area (Å²) >= 11 is 0. The number of hydrogen-bond acceptors (Lipinski definition) is 4. The van der Waals surface area contributed by atoms with Crippen molar-refractivity contribution in [2.45, 2.75) is 69.6 Å². The number of benzene rings is 1. The molecule has 2 fully saturated rings. The maximum atomic E-state index is 13.7. The van der Waals surface area contributed by atoms with Gasteiger partial charge in [-0.15, -0.1) is 0 Å². The third-order valence-electron chi connectivity index (χ3n) is 6.29. The van der Waals surface area contributed by atoms with Crippen molar-refractivity contribution in [2.75, 3.05) is 13.1 Å². The van der Waals surface area contributed by atoms with Crippen LogP contribution in [0.3, 0.4) is 0 Å². The molecule has 150 valence electrons. The Morgan fingerprint density at radius 2 is 1.93 bits per heavy atom. The maximum Gasteiger partial charge on any atom is 0.233 e. The average Bonchev–Trinajstić information content (AvgIpc) is 3.39. The molecule has 1 unspecified atom stereocenters. The Balaban J connectivity index is 1.56. The van der Waals surface area contributed by atoms with E-state index in [0.29, 0.717) is 18.3 Å². The zero-order valence-electron chi connectivity index (χ0n) is 16.7. The molecule has 1 aromatic heterocycles. The van der Waals surface area contributed by atoms with Crippen LogP contribution in [0.2, 0.25) is 0 Å². The number of hydrogen-bond donors (Lipinski definition) is 0. The minimum Gasteiger partial charge on any atom is -0.341 e. The molecule has 4 rings (SSSR count). The third kappa shape index (κ3) is 3.45. The molecule has 1 aromatic carbocycles. The van der Waals surface area contributed by atoms with Gasteiger partial charge in [-0.3, -0.25) is 4.79 Å². The number of carbonyl (C=O) groups excluding carboxylic acids is 1. The quantitative estimate of drug-likeness (QED) is 0.775. The second kappa shape index (κ2) is 7.64. The Hall–Kier alpha value is -2.24. The second-order valence-electron chi connectivity index (χ2n) is 8.53. The summed E-state index contributed by atoms with van der Waals surface area (Å²) in [6.07, 6.45) is 5.62. The summed E-state index contributed by atoms with van der Waals surface area (Å²) in [6, 6.07) is 6.51. The number of amides is 1. The highest BCUT2D eigenvalue weighted by Gasteiger charge is 2.46. The van der Waals surface area contributed by atoms with Crippen LogP contribution in [0.1, 0.15) is 81.5 Å². The average molecular weight is 385 g/mol. The highest BCUT2D eigenvalue weighted by atomic mass is 19.1. The zero-order chi connectivity index (χ0) is 19.7. The Morgan fingerprint density at radius 1 is 1.21 bits per heavy atom. The lowest BCUT2D eigenvalue weighted by Crippen LogP contribution is -2.49. The van der Waals surface area contributed by atoms with Crippen molar-refractivity contribution in [3.63, 3.8) is 0 Å². The van der Waals surface area contributed by atoms with Crippen molar-refractivity contribution >= 4 is 5.91 Å². The first-order chi connectivity index (χ1) is 13.5. The smallest absolute Gasteiger partial charge is 0.233 e. The van der Waals surface area contributed by atoms with Gasteiger partial charge >= 0.3 is 0 Å². The fraction of sp³-hybridized carbons (Fsp3) is 0.591. The van der Waals surface area contributed by atoms with E-state index in [1.807, 2.05) is 18.7 Å². The fourth-order valence-electron chi connectivity index (χ4n) is 4.70. The third-order valence-corrected chi connectivity index (χ3v) is 6.29. The molecule has 1 atom stereocenters. The van der Waals surface area contributed by atoms with Gasteiger partial charge in [-0.25, -0.2) is 4.39 Å². The lowest BCUT2D eigenvalue weighted by Gasteiger charge is -2.38. The molecule has 0 radical (unpaired) electrons. The highest BCUT2D eigenvalue weighted by molar-refractivity contribution is 5.88. The number of nitrogens with zero attached hydrogens (tertiary/aromatic N) is 3. The van der Waals surface area contributed by atoms with E-state index in [1.54, 1.807) is 12.1 Å². The summed E-state index contributed by atoms with van der Waals surface area (Å²) < 4.78 is 18.8. The predicted molar refractivity (Wildman–Crippen MR) is 103 cm³/mol. The summed E-state index contributed by atoms with van der Waals surface area (Å²) in [6.45, 7) is 5.44. The first kappa shape index (κ1) is 19.1. The van der Waals surface area contributed by atoms with Crippen molar-refractivity contribution in [2.24, 2.45) is 0 Å². The van der Waals surface area contributed by atoms with E-state index < -0.39 is 5.41 Å². The Morgan fingerprint density at radius 3 is 2.57 bits per heavy atom. The summed E-state index contributed by atoms with van der Waals surface area (Å²) in [5.74, 6) is 1.58. The van der Waals surface area contributed by atoms with E-state index in [2.05, 4.69) is 10.1 Å². The molecule has 1 amide bonds. The van der Waals surface area contributed by atoms with E-state index in [1.165, 1.54) is 12.1 Å². The molecule has 2 heterocycles. The molecular formula is C22H28FN3O2. The van der Waals surface area contributed by atoms with Crippen LogP contribution in [0, 0.1) is 5.82 Å². The lowest BCUT2D eigenvalue weighted by molar-refractivity contribution is -0.138. The first-order valence-corrected chi connectivity index (χ1v) is 10.4. The molecular weight excluding hydrogens is 357 g/mol. The van der Waals surface area contributed by atoms with Crippen LogP contribution in [-0.2, 0) is 10.2 Å². The van der Waals surface area contributed by atoms with Gasteiger partial charge in [0.2, 0.25) is 11.8 Å². The molecule has 1 saturated carbocycles. The standard InChI is InChI=1S/C22H28FN3O2/c1-15(2)20-24-19(25-28-20)16-6-5-13-26(14-16)21(27)22(11-3-4-12-22)17-7-9-18(23)10-8-17/h7-10,15-16H,3-6,11-14H2,1-2H3. The molecule has 1 saturated heterocycles. The van der Waals surface area contributed by atoms with E-state index in [-0.39, 0.29) is 23.6 Å². The molecule has 5 nitrogen and oxygen atoms in total. The van der Waals surface area contributed by atoms with Crippen molar-refractivity contribution < 1.29 is 13.7 Å². The SMILES string of the molecule is CC(C)c1nc(C2CCCN(C(=O)C3(c4ccc(F)cc4)CCCC3)C2)no1. The van der Waals surface area contributed by atoms with E-state index in [9.17, 15) is 9.18 Å². The summed E-state index contributed by atoms with van der Waals surface area (Å²) in [4.78, 5) is 20.2. The van der Waals surface area contributed by atoms with Crippen molar-refractivity contribution in [1.29, 1.82) is 0 Å². The Kier molecular flexibility index (Phi) is 5.21. The number of carbonyl (C=O) groups is 1. The first-order valence-electron chi connectivity index (χ1n) is 10.4. The monoisotopic (exact) mass is 385 g/mol. The van der Waals surface area contributed by atoms with Crippen LogP contribution in [0.4, 0.5) is 4.39 Å². The molecule has 1 aliphatic carbocycles. The molecule has 28 heavy (non-hydrogen) atoms. The van der Waals surface area contributed by atoms with Gasteiger partial charge in [0.25, 0.3) is 0 Å². The van der Waals surface area contributed by atoms with Gasteiger partial charge in [-0.1, -0.05) is 44.0 Å². The van der Waals surface area contributed by atoms with Crippen molar-refractivity contribution in [1.82, 2.24) is 15.0 Å².